The van der Waals surface area contributed by atoms with Gasteiger partial charge < -0.3 is 15.6 Å². The number of nitrogens with one attached hydrogen (secondary N) is 3. The molecule has 2 amide bonds. The normalized spacial score (nSPS) is 12.1. The number of benzene rings is 2. The van der Waals surface area contributed by atoms with Gasteiger partial charge in [-0.3, -0.25) is 9.59 Å². The van der Waals surface area contributed by atoms with E-state index in [1.807, 2.05) is 57.2 Å². The monoisotopic (exact) mass is 392 g/mol. The van der Waals surface area contributed by atoms with Crippen LogP contribution in [0.5, 0.6) is 0 Å². The molecule has 152 valence electrons. The number of carbonyl (C=O) groups is 2. The van der Waals surface area contributed by atoms with Gasteiger partial charge in [-0.25, -0.2) is 4.98 Å². The second-order valence-electron chi connectivity index (χ2n) is 7.66. The zero-order valence-electron chi connectivity index (χ0n) is 17.2. The molecule has 0 spiro atoms. The lowest BCUT2D eigenvalue weighted by Gasteiger charge is -2.21. The summed E-state index contributed by atoms with van der Waals surface area (Å²) in [6.07, 6.45) is 1.51. The zero-order valence-corrected chi connectivity index (χ0v) is 17.2. The molecule has 1 unspecified atom stereocenters. The van der Waals surface area contributed by atoms with Crippen molar-refractivity contribution >= 4 is 22.8 Å². The number of para-hydroxylation sites is 2. The number of imidazole rings is 1. The van der Waals surface area contributed by atoms with Crippen molar-refractivity contribution in [1.82, 2.24) is 20.6 Å². The van der Waals surface area contributed by atoms with Gasteiger partial charge in [0.25, 0.3) is 5.91 Å². The highest BCUT2D eigenvalue weighted by atomic mass is 16.2. The third kappa shape index (κ3) is 5.44. The van der Waals surface area contributed by atoms with Gasteiger partial charge in [-0.05, 0) is 43.5 Å². The van der Waals surface area contributed by atoms with Gasteiger partial charge in [0.1, 0.15) is 11.9 Å². The Morgan fingerprint density at radius 2 is 1.79 bits per heavy atom. The molecule has 3 N–H and O–H groups in total. The van der Waals surface area contributed by atoms with Gasteiger partial charge in [0, 0.05) is 18.5 Å². The number of hydrogen-bond acceptors (Lipinski definition) is 3. The molecule has 2 aromatic carbocycles. The van der Waals surface area contributed by atoms with Crippen LogP contribution in [0, 0.1) is 12.8 Å². The Balaban J connectivity index is 1.50. The number of hydrogen-bond donors (Lipinski definition) is 3. The van der Waals surface area contributed by atoms with Gasteiger partial charge in [0.15, 0.2) is 0 Å². The molecule has 0 bridgehead atoms. The van der Waals surface area contributed by atoms with Gasteiger partial charge in [-0.1, -0.05) is 43.7 Å². The van der Waals surface area contributed by atoms with Gasteiger partial charge in [-0.2, -0.15) is 0 Å². The number of amides is 2. The van der Waals surface area contributed by atoms with Crippen molar-refractivity contribution in [2.45, 2.75) is 39.7 Å². The van der Waals surface area contributed by atoms with E-state index in [1.165, 1.54) is 0 Å². The summed E-state index contributed by atoms with van der Waals surface area (Å²) in [5.41, 5.74) is 3.61. The maximum absolute atomic E-state index is 12.6. The summed E-state index contributed by atoms with van der Waals surface area (Å²) in [6.45, 7) is 6.35. The van der Waals surface area contributed by atoms with Crippen LogP contribution in [0.25, 0.3) is 11.0 Å². The predicted molar refractivity (Wildman–Crippen MR) is 115 cm³/mol. The molecule has 0 radical (unpaired) electrons. The Morgan fingerprint density at radius 3 is 2.48 bits per heavy atom. The van der Waals surface area contributed by atoms with Crippen molar-refractivity contribution < 1.29 is 9.59 Å². The highest BCUT2D eigenvalue weighted by Crippen LogP contribution is 2.11. The number of aromatic amines is 1. The molecular formula is C23H28N4O2. The summed E-state index contributed by atoms with van der Waals surface area (Å²) >= 11 is 0. The van der Waals surface area contributed by atoms with Crippen LogP contribution in [0.3, 0.4) is 0 Å². The zero-order chi connectivity index (χ0) is 20.8. The average Bonchev–Trinajstić information content (AvgIpc) is 3.12. The molecule has 0 saturated heterocycles. The van der Waals surface area contributed by atoms with E-state index in [0.717, 1.165) is 35.3 Å². The fourth-order valence-electron chi connectivity index (χ4n) is 3.17. The number of H-pyrrole nitrogens is 1. The van der Waals surface area contributed by atoms with Gasteiger partial charge in [0.2, 0.25) is 5.91 Å². The Labute approximate surface area is 171 Å². The van der Waals surface area contributed by atoms with E-state index in [0.29, 0.717) is 12.1 Å². The first-order valence-electron chi connectivity index (χ1n) is 10.0. The molecular weight excluding hydrogens is 364 g/mol. The third-order valence-corrected chi connectivity index (χ3v) is 4.88. The van der Waals surface area contributed by atoms with Crippen LogP contribution < -0.4 is 10.6 Å². The van der Waals surface area contributed by atoms with Crippen molar-refractivity contribution in [2.24, 2.45) is 5.92 Å². The van der Waals surface area contributed by atoms with Crippen LogP contribution in [0.1, 0.15) is 42.0 Å². The maximum atomic E-state index is 12.6. The van der Waals surface area contributed by atoms with Gasteiger partial charge in [-0.15, -0.1) is 0 Å². The summed E-state index contributed by atoms with van der Waals surface area (Å²) in [5, 5.41) is 5.80. The second-order valence-corrected chi connectivity index (χ2v) is 7.66. The Morgan fingerprint density at radius 1 is 1.07 bits per heavy atom. The molecule has 1 atom stereocenters. The average molecular weight is 393 g/mol. The van der Waals surface area contributed by atoms with Crippen LogP contribution in [-0.2, 0) is 11.2 Å². The highest BCUT2D eigenvalue weighted by molar-refractivity contribution is 5.97. The topological polar surface area (TPSA) is 86.9 Å². The first-order chi connectivity index (χ1) is 13.9. The Bertz CT molecular complexity index is 943. The number of carbonyl (C=O) groups excluding carboxylic acids is 2. The molecule has 0 aliphatic rings. The second kappa shape index (κ2) is 9.37. The van der Waals surface area contributed by atoms with Crippen LogP contribution in [-0.4, -0.2) is 34.4 Å². The van der Waals surface area contributed by atoms with E-state index in [9.17, 15) is 9.59 Å². The molecule has 1 heterocycles. The molecule has 29 heavy (non-hydrogen) atoms. The highest BCUT2D eigenvalue weighted by Gasteiger charge is 2.24. The Hall–Kier alpha value is -3.15. The van der Waals surface area contributed by atoms with E-state index in [1.54, 1.807) is 12.1 Å². The number of aryl methyl sites for hydroxylation is 2. The van der Waals surface area contributed by atoms with Gasteiger partial charge >= 0.3 is 0 Å². The Kier molecular flexibility index (Phi) is 6.65. The smallest absolute Gasteiger partial charge is 0.251 e. The lowest BCUT2D eigenvalue weighted by Crippen LogP contribution is -2.49. The fourth-order valence-corrected chi connectivity index (χ4v) is 3.17. The summed E-state index contributed by atoms with van der Waals surface area (Å²) < 4.78 is 0. The van der Waals surface area contributed by atoms with E-state index < -0.39 is 6.04 Å². The molecule has 3 rings (SSSR count). The standard InChI is InChI=1S/C23H28N4O2/c1-15(2)21(27-22(28)17-12-10-16(3)11-13-17)23(29)24-14-6-9-20-25-18-7-4-5-8-19(18)26-20/h4-5,7-8,10-13,15,21H,6,9,14H2,1-3H3,(H,24,29)(H,25,26)(H,27,28). The van der Waals surface area contributed by atoms with Crippen molar-refractivity contribution in [3.05, 3.63) is 65.5 Å². The van der Waals surface area contributed by atoms with Gasteiger partial charge in [0.05, 0.1) is 11.0 Å². The van der Waals surface area contributed by atoms with Crippen LogP contribution in [0.15, 0.2) is 48.5 Å². The lowest BCUT2D eigenvalue weighted by molar-refractivity contribution is -0.123. The van der Waals surface area contributed by atoms with Crippen molar-refractivity contribution in [1.29, 1.82) is 0 Å². The maximum Gasteiger partial charge on any atom is 0.251 e. The number of fused-ring (bicyclic) bond motifs is 1. The SMILES string of the molecule is Cc1ccc(C(=O)NC(C(=O)NCCCc2nc3ccccc3[nH]2)C(C)C)cc1. The predicted octanol–water partition coefficient (Wildman–Crippen LogP) is 3.37. The van der Waals surface area contributed by atoms with E-state index >= 15 is 0 Å². The van der Waals surface area contributed by atoms with Crippen LogP contribution in [0.2, 0.25) is 0 Å². The first kappa shape index (κ1) is 20.6. The van der Waals surface area contributed by atoms with Crippen molar-refractivity contribution in [3.63, 3.8) is 0 Å². The molecule has 3 aromatic rings. The summed E-state index contributed by atoms with van der Waals surface area (Å²) in [6, 6.07) is 14.6. The largest absolute Gasteiger partial charge is 0.354 e. The number of nitrogens with zero attached hydrogens (tertiary/aromatic N) is 1. The van der Waals surface area contributed by atoms with E-state index in [4.69, 9.17) is 0 Å². The lowest BCUT2D eigenvalue weighted by atomic mass is 10.0. The molecule has 0 fully saturated rings. The molecule has 6 heteroatoms. The molecule has 1 aromatic heterocycles. The minimum absolute atomic E-state index is 0.0141. The number of rotatable bonds is 8. The number of aromatic nitrogens is 2. The third-order valence-electron chi connectivity index (χ3n) is 4.88. The fraction of sp³-hybridized carbons (Fsp3) is 0.348. The van der Waals surface area contributed by atoms with E-state index in [2.05, 4.69) is 20.6 Å². The summed E-state index contributed by atoms with van der Waals surface area (Å²) in [4.78, 5) is 32.9. The minimum atomic E-state index is -0.574. The molecule has 0 aliphatic carbocycles. The van der Waals surface area contributed by atoms with Crippen LogP contribution >= 0.6 is 0 Å². The minimum Gasteiger partial charge on any atom is -0.354 e. The first-order valence-corrected chi connectivity index (χ1v) is 10.0. The summed E-state index contributed by atoms with van der Waals surface area (Å²) in [5.74, 6) is 0.500. The molecule has 0 saturated carbocycles. The quantitative estimate of drug-likeness (QED) is 0.514. The van der Waals surface area contributed by atoms with E-state index in [-0.39, 0.29) is 17.7 Å². The summed E-state index contributed by atoms with van der Waals surface area (Å²) in [7, 11) is 0. The van der Waals surface area contributed by atoms with Crippen molar-refractivity contribution in [2.75, 3.05) is 6.54 Å². The molecule has 6 nitrogen and oxygen atoms in total. The van der Waals surface area contributed by atoms with Crippen molar-refractivity contribution in [3.8, 4) is 0 Å². The van der Waals surface area contributed by atoms with Crippen LogP contribution in [0.4, 0.5) is 0 Å². The molecule has 0 aliphatic heterocycles.